The molecule has 0 bridgehead atoms. The Labute approximate surface area is 126 Å². The number of amides is 1. The van der Waals surface area contributed by atoms with Gasteiger partial charge in [-0.3, -0.25) is 14.2 Å². The Morgan fingerprint density at radius 1 is 1.30 bits per heavy atom. The molecule has 1 amide bonds. The first-order valence-corrected chi connectivity index (χ1v) is 7.01. The second-order valence-electron chi connectivity index (χ2n) is 4.28. The molecular weight excluding hydrogens is 301 g/mol. The molecule has 2 rings (SSSR count). The average Bonchev–Trinajstić information content (AvgIpc) is 3.00. The molecule has 0 saturated carbocycles. The second-order valence-corrected chi connectivity index (χ2v) is 5.15. The summed E-state index contributed by atoms with van der Waals surface area (Å²) >= 11 is 11.6. The number of aromatic nitrogens is 4. The fraction of sp³-hybridized carbons (Fsp3) is 0.417. The van der Waals surface area contributed by atoms with Crippen molar-refractivity contribution in [3.8, 4) is 0 Å². The van der Waals surface area contributed by atoms with Crippen LogP contribution in [0.3, 0.4) is 0 Å². The molecule has 1 N–H and O–H groups in total. The molecule has 8 heteroatoms. The summed E-state index contributed by atoms with van der Waals surface area (Å²) in [5.41, 5.74) is 0. The monoisotopic (exact) mass is 315 g/mol. The van der Waals surface area contributed by atoms with Crippen molar-refractivity contribution in [2.75, 3.05) is 6.54 Å². The van der Waals surface area contributed by atoms with Gasteiger partial charge in [-0.2, -0.15) is 10.2 Å². The van der Waals surface area contributed by atoms with Gasteiger partial charge in [-0.1, -0.05) is 30.1 Å². The molecule has 108 valence electrons. The van der Waals surface area contributed by atoms with Crippen LogP contribution in [0.1, 0.15) is 19.4 Å². The van der Waals surface area contributed by atoms with Crippen LogP contribution in [0.25, 0.3) is 0 Å². The fourth-order valence-corrected chi connectivity index (χ4v) is 2.15. The van der Waals surface area contributed by atoms with Gasteiger partial charge < -0.3 is 5.32 Å². The van der Waals surface area contributed by atoms with E-state index in [-0.39, 0.29) is 11.9 Å². The number of carbonyl (C=O) groups is 1. The average molecular weight is 316 g/mol. The van der Waals surface area contributed by atoms with Crippen LogP contribution in [0.5, 0.6) is 0 Å². The highest BCUT2D eigenvalue weighted by Crippen LogP contribution is 2.14. The summed E-state index contributed by atoms with van der Waals surface area (Å²) < 4.78 is 3.25. The van der Waals surface area contributed by atoms with Gasteiger partial charge in [-0.25, -0.2) is 0 Å². The molecule has 0 spiro atoms. The number of hydrogen-bond donors (Lipinski definition) is 1. The minimum Gasteiger partial charge on any atom is -0.352 e. The fourth-order valence-electron chi connectivity index (χ4n) is 1.85. The Morgan fingerprint density at radius 2 is 2.00 bits per heavy atom. The van der Waals surface area contributed by atoms with Gasteiger partial charge in [-0.15, -0.1) is 0 Å². The quantitative estimate of drug-likeness (QED) is 0.888. The van der Waals surface area contributed by atoms with Crippen molar-refractivity contribution in [2.45, 2.75) is 25.9 Å². The third-order valence-electron chi connectivity index (χ3n) is 2.82. The number of rotatable bonds is 6. The lowest BCUT2D eigenvalue weighted by Crippen LogP contribution is -2.34. The molecule has 20 heavy (non-hydrogen) atoms. The van der Waals surface area contributed by atoms with Crippen LogP contribution in [0.15, 0.2) is 24.8 Å². The van der Waals surface area contributed by atoms with E-state index in [4.69, 9.17) is 23.2 Å². The van der Waals surface area contributed by atoms with Gasteiger partial charge in [0.2, 0.25) is 5.91 Å². The zero-order valence-corrected chi connectivity index (χ0v) is 12.5. The van der Waals surface area contributed by atoms with Crippen molar-refractivity contribution in [3.63, 3.8) is 0 Å². The van der Waals surface area contributed by atoms with E-state index in [2.05, 4.69) is 15.5 Å². The van der Waals surface area contributed by atoms with Crippen LogP contribution < -0.4 is 5.32 Å². The SMILES string of the molecule is CCC(C(=O)NCCn1cc(Cl)cn1)n1cc(Cl)cn1. The number of hydrogen-bond acceptors (Lipinski definition) is 3. The summed E-state index contributed by atoms with van der Waals surface area (Å²) in [4.78, 5) is 12.1. The maximum atomic E-state index is 12.1. The Bertz CT molecular complexity index is 580. The van der Waals surface area contributed by atoms with E-state index in [0.717, 1.165) is 0 Å². The Morgan fingerprint density at radius 3 is 2.55 bits per heavy atom. The van der Waals surface area contributed by atoms with Crippen LogP contribution in [-0.2, 0) is 11.3 Å². The first-order chi connectivity index (χ1) is 9.60. The van der Waals surface area contributed by atoms with Crippen molar-refractivity contribution in [2.24, 2.45) is 0 Å². The van der Waals surface area contributed by atoms with E-state index in [0.29, 0.717) is 29.6 Å². The van der Waals surface area contributed by atoms with E-state index < -0.39 is 0 Å². The summed E-state index contributed by atoms with van der Waals surface area (Å²) in [6, 6.07) is -0.358. The first kappa shape index (κ1) is 14.9. The van der Waals surface area contributed by atoms with Crippen LogP contribution >= 0.6 is 23.2 Å². The number of halogens is 2. The van der Waals surface area contributed by atoms with Gasteiger partial charge in [0.25, 0.3) is 0 Å². The van der Waals surface area contributed by atoms with Gasteiger partial charge in [-0.05, 0) is 6.42 Å². The summed E-state index contributed by atoms with van der Waals surface area (Å²) in [5.74, 6) is -0.0921. The smallest absolute Gasteiger partial charge is 0.244 e. The molecule has 2 heterocycles. The molecular formula is C12H15Cl2N5O. The molecule has 0 fully saturated rings. The van der Waals surface area contributed by atoms with E-state index in [1.807, 2.05) is 6.92 Å². The molecule has 0 saturated heterocycles. The predicted octanol–water partition coefficient (Wildman–Crippen LogP) is 2.15. The normalized spacial score (nSPS) is 12.3. The lowest BCUT2D eigenvalue weighted by Gasteiger charge is -2.15. The summed E-state index contributed by atoms with van der Waals surface area (Å²) in [7, 11) is 0. The third kappa shape index (κ3) is 3.74. The zero-order chi connectivity index (χ0) is 14.5. The summed E-state index contributed by atoms with van der Waals surface area (Å²) in [6.45, 7) is 2.96. The van der Waals surface area contributed by atoms with Crippen LogP contribution in [0, 0.1) is 0 Å². The van der Waals surface area contributed by atoms with Crippen LogP contribution in [0.2, 0.25) is 10.0 Å². The van der Waals surface area contributed by atoms with Gasteiger partial charge in [0.1, 0.15) is 6.04 Å². The molecule has 0 aliphatic rings. The van der Waals surface area contributed by atoms with Gasteiger partial charge >= 0.3 is 0 Å². The Kier molecular flexibility index (Phi) is 5.03. The summed E-state index contributed by atoms with van der Waals surface area (Å²) in [6.07, 6.45) is 7.06. The van der Waals surface area contributed by atoms with E-state index in [1.54, 1.807) is 28.0 Å². The minimum atomic E-state index is -0.358. The van der Waals surface area contributed by atoms with Crippen LogP contribution in [-0.4, -0.2) is 32.0 Å². The highest BCUT2D eigenvalue weighted by atomic mass is 35.5. The van der Waals surface area contributed by atoms with Gasteiger partial charge in [0, 0.05) is 18.9 Å². The van der Waals surface area contributed by atoms with Crippen molar-refractivity contribution >= 4 is 29.1 Å². The van der Waals surface area contributed by atoms with Crippen molar-refractivity contribution in [1.29, 1.82) is 0 Å². The van der Waals surface area contributed by atoms with E-state index >= 15 is 0 Å². The lowest BCUT2D eigenvalue weighted by atomic mass is 10.2. The molecule has 0 radical (unpaired) electrons. The molecule has 0 aliphatic heterocycles. The highest BCUT2D eigenvalue weighted by Gasteiger charge is 2.18. The maximum absolute atomic E-state index is 12.1. The standard InChI is InChI=1S/C12H15Cl2N5O/c1-2-11(19-8-10(14)6-17-19)12(20)15-3-4-18-7-9(13)5-16-18/h5-8,11H,2-4H2,1H3,(H,15,20). The van der Waals surface area contributed by atoms with Gasteiger partial charge in [0.05, 0.1) is 29.0 Å². The predicted molar refractivity (Wildman–Crippen MR) is 76.8 cm³/mol. The molecule has 6 nitrogen and oxygen atoms in total. The maximum Gasteiger partial charge on any atom is 0.244 e. The van der Waals surface area contributed by atoms with Crippen molar-refractivity contribution in [3.05, 3.63) is 34.8 Å². The van der Waals surface area contributed by atoms with Crippen LogP contribution in [0.4, 0.5) is 0 Å². The number of nitrogens with one attached hydrogen (secondary N) is 1. The van der Waals surface area contributed by atoms with Gasteiger partial charge in [0.15, 0.2) is 0 Å². The molecule has 1 atom stereocenters. The minimum absolute atomic E-state index is 0.0921. The first-order valence-electron chi connectivity index (χ1n) is 6.25. The van der Waals surface area contributed by atoms with E-state index in [9.17, 15) is 4.79 Å². The highest BCUT2D eigenvalue weighted by molar-refractivity contribution is 6.30. The van der Waals surface area contributed by atoms with E-state index in [1.165, 1.54) is 6.20 Å². The molecule has 2 aromatic rings. The topological polar surface area (TPSA) is 64.7 Å². The Hall–Kier alpha value is -1.53. The summed E-state index contributed by atoms with van der Waals surface area (Å²) in [5, 5.41) is 12.1. The largest absolute Gasteiger partial charge is 0.352 e. The number of nitrogens with zero attached hydrogens (tertiary/aromatic N) is 4. The number of carbonyl (C=O) groups excluding carboxylic acids is 1. The third-order valence-corrected chi connectivity index (χ3v) is 3.21. The lowest BCUT2D eigenvalue weighted by molar-refractivity contribution is -0.124. The van der Waals surface area contributed by atoms with Crippen molar-refractivity contribution < 1.29 is 4.79 Å². The van der Waals surface area contributed by atoms with Crippen molar-refractivity contribution in [1.82, 2.24) is 24.9 Å². The molecule has 1 unspecified atom stereocenters. The zero-order valence-electron chi connectivity index (χ0n) is 11.0. The molecule has 0 aliphatic carbocycles. The molecule has 2 aromatic heterocycles. The second kappa shape index (κ2) is 6.76. The Balaban J connectivity index is 1.86. The molecule has 0 aromatic carbocycles.